The van der Waals surface area contributed by atoms with Gasteiger partial charge in [-0.2, -0.15) is 0 Å². The number of methoxy groups -OCH3 is 1. The zero-order chi connectivity index (χ0) is 28.2. The molecule has 11 heteroatoms. The molecule has 3 aromatic rings. The fraction of sp³-hybridized carbons (Fsp3) is 0.414. The van der Waals surface area contributed by atoms with E-state index in [1.54, 1.807) is 30.3 Å². The van der Waals surface area contributed by atoms with Crippen molar-refractivity contribution >= 4 is 57.8 Å². The van der Waals surface area contributed by atoms with Gasteiger partial charge in [-0.25, -0.2) is 4.98 Å². The topological polar surface area (TPSA) is 131 Å². The molecule has 1 aromatic carbocycles. The molecule has 2 aromatic heterocycles. The number of hydrogen-bond donors (Lipinski definition) is 2. The summed E-state index contributed by atoms with van der Waals surface area (Å²) in [6.45, 7) is 1.64. The van der Waals surface area contributed by atoms with Crippen molar-refractivity contribution < 1.29 is 28.3 Å². The lowest BCUT2D eigenvalue weighted by Gasteiger charge is -2.29. The predicted octanol–water partition coefficient (Wildman–Crippen LogP) is 4.82. The minimum atomic E-state index is -0.601. The molecule has 0 unspecified atom stereocenters. The summed E-state index contributed by atoms with van der Waals surface area (Å²) in [6, 6.07) is 8.20. The highest BCUT2D eigenvalue weighted by molar-refractivity contribution is 6.30. The molecule has 10 nitrogen and oxygen atoms in total. The molecule has 1 saturated carbocycles. The zero-order valence-corrected chi connectivity index (χ0v) is 23.0. The maximum Gasteiger partial charge on any atom is 0.309 e. The van der Waals surface area contributed by atoms with Crippen molar-refractivity contribution in [2.75, 3.05) is 30.8 Å². The number of ether oxygens (including phenoxy) is 1. The largest absolute Gasteiger partial charge is 0.469 e. The molecular weight excluding hydrogens is 536 g/mol. The van der Waals surface area contributed by atoms with E-state index < -0.39 is 11.9 Å². The first-order valence-corrected chi connectivity index (χ1v) is 13.8. The Bertz CT molecular complexity index is 1420. The Morgan fingerprint density at radius 1 is 1.02 bits per heavy atom. The number of anilines is 2. The van der Waals surface area contributed by atoms with Crippen molar-refractivity contribution in [3.8, 4) is 0 Å². The van der Waals surface area contributed by atoms with Crippen molar-refractivity contribution in [2.24, 2.45) is 11.8 Å². The molecule has 2 fully saturated rings. The minimum absolute atomic E-state index is 0.0241. The van der Waals surface area contributed by atoms with Crippen LogP contribution in [0.1, 0.15) is 54.6 Å². The van der Waals surface area contributed by atoms with Crippen LogP contribution in [-0.2, 0) is 25.5 Å². The van der Waals surface area contributed by atoms with Crippen molar-refractivity contribution in [2.45, 2.75) is 44.9 Å². The average Bonchev–Trinajstić information content (AvgIpc) is 3.63. The fourth-order valence-corrected chi connectivity index (χ4v) is 5.54. The van der Waals surface area contributed by atoms with Crippen molar-refractivity contribution in [3.63, 3.8) is 0 Å². The van der Waals surface area contributed by atoms with E-state index in [9.17, 15) is 19.2 Å². The number of halogens is 1. The predicted molar refractivity (Wildman–Crippen MR) is 149 cm³/mol. The van der Waals surface area contributed by atoms with E-state index in [0.29, 0.717) is 47.2 Å². The minimum Gasteiger partial charge on any atom is -0.469 e. The van der Waals surface area contributed by atoms with E-state index in [-0.39, 0.29) is 47.3 Å². The number of likely N-dealkylation sites (tertiary alicyclic amines) is 1. The fourth-order valence-electron chi connectivity index (χ4n) is 5.42. The second kappa shape index (κ2) is 12.1. The molecule has 5 rings (SSSR count). The number of furan rings is 1. The first-order valence-electron chi connectivity index (χ1n) is 13.5. The van der Waals surface area contributed by atoms with E-state index in [2.05, 4.69) is 15.6 Å². The molecule has 0 radical (unpaired) electrons. The summed E-state index contributed by atoms with van der Waals surface area (Å²) in [7, 11) is 1.31. The number of nitrogens with zero attached hydrogens (tertiary/aromatic N) is 2. The maximum atomic E-state index is 13.4. The molecule has 0 spiro atoms. The summed E-state index contributed by atoms with van der Waals surface area (Å²) < 4.78 is 10.7. The van der Waals surface area contributed by atoms with Gasteiger partial charge in [0.2, 0.25) is 17.6 Å². The molecule has 1 saturated heterocycles. The lowest BCUT2D eigenvalue weighted by Crippen LogP contribution is -2.37. The number of aromatic nitrogens is 1. The highest BCUT2D eigenvalue weighted by Crippen LogP contribution is 2.36. The number of pyridine rings is 1. The number of nitrogens with one attached hydrogen (secondary N) is 2. The Hall–Kier alpha value is -3.92. The van der Waals surface area contributed by atoms with Crippen LogP contribution in [0.4, 0.5) is 11.5 Å². The Kier molecular flexibility index (Phi) is 8.35. The number of amides is 3. The van der Waals surface area contributed by atoms with Gasteiger partial charge >= 0.3 is 5.97 Å². The zero-order valence-electron chi connectivity index (χ0n) is 22.2. The van der Waals surface area contributed by atoms with Gasteiger partial charge in [-0.3, -0.25) is 19.2 Å². The molecule has 3 amide bonds. The number of rotatable bonds is 7. The third-order valence-electron chi connectivity index (χ3n) is 7.62. The third-order valence-corrected chi connectivity index (χ3v) is 7.84. The summed E-state index contributed by atoms with van der Waals surface area (Å²) in [5, 5.41) is 6.51. The van der Waals surface area contributed by atoms with Gasteiger partial charge in [-0.05, 0) is 68.4 Å². The van der Waals surface area contributed by atoms with Crippen LogP contribution >= 0.6 is 11.6 Å². The monoisotopic (exact) mass is 566 g/mol. The third kappa shape index (κ3) is 6.12. The number of hydrogen-bond acceptors (Lipinski definition) is 7. The van der Waals surface area contributed by atoms with E-state index in [4.69, 9.17) is 20.8 Å². The van der Waals surface area contributed by atoms with E-state index in [0.717, 1.165) is 25.9 Å². The molecule has 210 valence electrons. The number of fused-ring (bicyclic) bond motifs is 1. The average molecular weight is 567 g/mol. The van der Waals surface area contributed by atoms with Crippen molar-refractivity contribution in [3.05, 3.63) is 52.9 Å². The van der Waals surface area contributed by atoms with Crippen molar-refractivity contribution in [1.82, 2.24) is 9.88 Å². The lowest BCUT2D eigenvalue weighted by atomic mass is 9.81. The van der Waals surface area contributed by atoms with Gasteiger partial charge in [0, 0.05) is 36.5 Å². The van der Waals surface area contributed by atoms with Gasteiger partial charge in [-0.15, -0.1) is 0 Å². The summed E-state index contributed by atoms with van der Waals surface area (Å²) in [5.74, 6) is -1.24. The summed E-state index contributed by atoms with van der Waals surface area (Å²) in [5.41, 5.74) is 1.23. The van der Waals surface area contributed by atoms with Gasteiger partial charge in [0.25, 0.3) is 5.91 Å². The van der Waals surface area contributed by atoms with Gasteiger partial charge in [0.1, 0.15) is 17.1 Å². The van der Waals surface area contributed by atoms with Crippen LogP contribution in [0, 0.1) is 11.8 Å². The molecule has 2 aliphatic rings. The Morgan fingerprint density at radius 3 is 2.42 bits per heavy atom. The maximum absolute atomic E-state index is 13.4. The normalized spacial score (nSPS) is 18.9. The molecule has 2 N–H and O–H groups in total. The first kappa shape index (κ1) is 27.6. The second-order valence-electron chi connectivity index (χ2n) is 10.3. The van der Waals surface area contributed by atoms with E-state index in [1.807, 2.05) is 4.90 Å². The van der Waals surface area contributed by atoms with Gasteiger partial charge < -0.3 is 24.7 Å². The molecule has 3 heterocycles. The highest BCUT2D eigenvalue weighted by atomic mass is 35.5. The smallest absolute Gasteiger partial charge is 0.309 e. The van der Waals surface area contributed by atoms with Crippen LogP contribution in [0.15, 0.2) is 40.9 Å². The second-order valence-corrected chi connectivity index (χ2v) is 10.7. The quantitative estimate of drug-likeness (QED) is 0.392. The SMILES string of the molecule is COC(=O)Cc1ccc2oc(C(=O)Nc3ccc(Cl)cn3)c(NC(=O)[C@H]3CC[C@H](C(=O)N4CCCC4)CC3)c2c1. The summed E-state index contributed by atoms with van der Waals surface area (Å²) in [4.78, 5) is 57.4. The van der Waals surface area contributed by atoms with Crippen LogP contribution in [0.2, 0.25) is 5.02 Å². The van der Waals surface area contributed by atoms with Crippen LogP contribution < -0.4 is 10.6 Å². The number of benzene rings is 1. The van der Waals surface area contributed by atoms with E-state index in [1.165, 1.54) is 13.3 Å². The first-order chi connectivity index (χ1) is 19.3. The molecular formula is C29H31ClN4O6. The Morgan fingerprint density at radius 2 is 1.75 bits per heavy atom. The lowest BCUT2D eigenvalue weighted by molar-refractivity contribution is -0.139. The Labute approximate surface area is 236 Å². The number of carbonyl (C=O) groups excluding carboxylic acids is 4. The van der Waals surface area contributed by atoms with Crippen molar-refractivity contribution in [1.29, 1.82) is 0 Å². The number of carbonyl (C=O) groups is 4. The molecule has 1 aliphatic heterocycles. The van der Waals surface area contributed by atoms with Crippen LogP contribution in [0.25, 0.3) is 11.0 Å². The standard InChI is InChI=1S/C29H31ClN4O6/c1-39-24(35)15-17-4-10-22-21(14-17)25(26(40-22)28(37)32-23-11-9-20(30)16-31-23)33-27(36)18-5-7-19(8-6-18)29(38)34-12-2-3-13-34/h4,9-11,14,16,18-19H,2-3,5-8,12-13,15H2,1H3,(H,33,36)(H,31,32,37)/t18-,19-. The summed E-state index contributed by atoms with van der Waals surface area (Å²) >= 11 is 5.90. The highest BCUT2D eigenvalue weighted by Gasteiger charge is 2.34. The summed E-state index contributed by atoms with van der Waals surface area (Å²) in [6.07, 6.45) is 5.99. The molecule has 1 aliphatic carbocycles. The van der Waals surface area contributed by atoms with E-state index >= 15 is 0 Å². The molecule has 0 bridgehead atoms. The van der Waals surface area contributed by atoms with Crippen LogP contribution in [0.5, 0.6) is 0 Å². The Balaban J connectivity index is 1.36. The number of esters is 1. The van der Waals surface area contributed by atoms with Gasteiger partial charge in [-0.1, -0.05) is 17.7 Å². The molecule has 40 heavy (non-hydrogen) atoms. The molecule has 0 atom stereocenters. The van der Waals surface area contributed by atoms with Gasteiger partial charge in [0.05, 0.1) is 18.6 Å². The van der Waals surface area contributed by atoms with Crippen LogP contribution in [0.3, 0.4) is 0 Å². The van der Waals surface area contributed by atoms with Gasteiger partial charge in [0.15, 0.2) is 0 Å². The van der Waals surface area contributed by atoms with Crippen LogP contribution in [-0.4, -0.2) is 53.8 Å².